The van der Waals surface area contributed by atoms with E-state index in [1.807, 2.05) is 45.0 Å². The maximum absolute atomic E-state index is 12.1. The zero-order chi connectivity index (χ0) is 17.3. The lowest BCUT2D eigenvalue weighted by Gasteiger charge is -2.09. The second-order valence-corrected chi connectivity index (χ2v) is 5.96. The fraction of sp³-hybridized carbons (Fsp3) is 0.222. The average molecular weight is 325 g/mol. The number of amides is 2. The molecule has 1 aromatic heterocycles. The van der Waals surface area contributed by atoms with Gasteiger partial charge in [0.2, 0.25) is 0 Å². The van der Waals surface area contributed by atoms with Crippen LogP contribution in [0.3, 0.4) is 0 Å². The predicted molar refractivity (Wildman–Crippen MR) is 94.7 cm³/mol. The lowest BCUT2D eigenvalue weighted by molar-refractivity contribution is 0.262. The highest BCUT2D eigenvalue weighted by Gasteiger charge is 2.13. The SMILES string of the molecule is Cc1cccc(NC(=O)Nc2ccc3c(c2)oc(=O)n3C(C)C)c1. The zero-order valence-electron chi connectivity index (χ0n) is 13.8. The molecule has 0 spiro atoms. The van der Waals surface area contributed by atoms with Crippen LogP contribution < -0.4 is 16.4 Å². The number of rotatable bonds is 3. The first-order chi connectivity index (χ1) is 11.4. The smallest absolute Gasteiger partial charge is 0.408 e. The predicted octanol–water partition coefficient (Wildman–Crippen LogP) is 4.13. The van der Waals surface area contributed by atoms with Crippen LogP contribution in [0.25, 0.3) is 11.1 Å². The van der Waals surface area contributed by atoms with Crippen LogP contribution in [-0.4, -0.2) is 10.6 Å². The van der Waals surface area contributed by atoms with E-state index in [4.69, 9.17) is 4.42 Å². The molecule has 2 aromatic carbocycles. The van der Waals surface area contributed by atoms with E-state index in [1.165, 1.54) is 0 Å². The van der Waals surface area contributed by atoms with Crippen molar-refractivity contribution in [3.63, 3.8) is 0 Å². The molecule has 0 unspecified atom stereocenters. The molecular formula is C18H19N3O3. The molecule has 0 saturated heterocycles. The molecule has 0 aliphatic carbocycles. The third-order valence-corrected chi connectivity index (χ3v) is 3.66. The maximum atomic E-state index is 12.1. The molecule has 124 valence electrons. The summed E-state index contributed by atoms with van der Waals surface area (Å²) in [6, 6.07) is 12.3. The summed E-state index contributed by atoms with van der Waals surface area (Å²) in [6.07, 6.45) is 0. The first kappa shape index (κ1) is 15.9. The van der Waals surface area contributed by atoms with Crippen LogP contribution in [0.5, 0.6) is 0 Å². The van der Waals surface area contributed by atoms with Gasteiger partial charge in [-0.15, -0.1) is 0 Å². The first-order valence-electron chi connectivity index (χ1n) is 7.74. The molecule has 3 aromatic rings. The van der Waals surface area contributed by atoms with Crippen molar-refractivity contribution < 1.29 is 9.21 Å². The maximum Gasteiger partial charge on any atom is 0.420 e. The van der Waals surface area contributed by atoms with Crippen molar-refractivity contribution in [3.8, 4) is 0 Å². The number of hydrogen-bond acceptors (Lipinski definition) is 3. The van der Waals surface area contributed by atoms with E-state index < -0.39 is 5.76 Å². The van der Waals surface area contributed by atoms with E-state index in [9.17, 15) is 9.59 Å². The lowest BCUT2D eigenvalue weighted by Crippen LogP contribution is -2.19. The minimum Gasteiger partial charge on any atom is -0.408 e. The second kappa shape index (κ2) is 6.23. The number of carbonyl (C=O) groups excluding carboxylic acids is 1. The van der Waals surface area contributed by atoms with Crippen LogP contribution in [0.2, 0.25) is 0 Å². The Morgan fingerprint density at radius 3 is 2.46 bits per heavy atom. The van der Waals surface area contributed by atoms with Gasteiger partial charge in [0.25, 0.3) is 0 Å². The number of benzene rings is 2. The molecule has 1 heterocycles. The van der Waals surface area contributed by atoms with E-state index in [2.05, 4.69) is 10.6 Å². The van der Waals surface area contributed by atoms with Gasteiger partial charge in [-0.05, 0) is 50.6 Å². The number of aryl methyl sites for hydroxylation is 1. The number of aromatic nitrogens is 1. The molecule has 0 bridgehead atoms. The number of nitrogens with zero attached hydrogens (tertiary/aromatic N) is 1. The number of urea groups is 1. The summed E-state index contributed by atoms with van der Waals surface area (Å²) in [6.45, 7) is 5.79. The number of nitrogens with one attached hydrogen (secondary N) is 2. The minimum absolute atomic E-state index is 0.00202. The Hall–Kier alpha value is -3.02. The highest BCUT2D eigenvalue weighted by atomic mass is 16.4. The topological polar surface area (TPSA) is 76.3 Å². The van der Waals surface area contributed by atoms with Gasteiger partial charge < -0.3 is 15.1 Å². The normalized spacial score (nSPS) is 11.0. The zero-order valence-corrected chi connectivity index (χ0v) is 13.8. The number of anilines is 2. The summed E-state index contributed by atoms with van der Waals surface area (Å²) >= 11 is 0. The quantitative estimate of drug-likeness (QED) is 0.760. The Bertz CT molecular complexity index is 954. The van der Waals surface area contributed by atoms with Crippen molar-refractivity contribution in [2.75, 3.05) is 10.6 Å². The summed E-state index contributed by atoms with van der Waals surface area (Å²) in [5.41, 5.74) is 3.48. The Morgan fingerprint density at radius 1 is 1.08 bits per heavy atom. The van der Waals surface area contributed by atoms with Crippen molar-refractivity contribution in [3.05, 3.63) is 58.6 Å². The summed E-state index contributed by atoms with van der Waals surface area (Å²) in [4.78, 5) is 24.0. The fourth-order valence-corrected chi connectivity index (χ4v) is 2.62. The number of fused-ring (bicyclic) bond motifs is 1. The van der Waals surface area contributed by atoms with E-state index in [0.29, 0.717) is 22.5 Å². The molecule has 6 nitrogen and oxygen atoms in total. The van der Waals surface area contributed by atoms with Gasteiger partial charge in [0.15, 0.2) is 5.58 Å². The third-order valence-electron chi connectivity index (χ3n) is 3.66. The average Bonchev–Trinajstić information content (AvgIpc) is 2.82. The standard InChI is InChI=1S/C18H19N3O3/c1-11(2)21-15-8-7-14(10-16(15)24-18(21)23)20-17(22)19-13-6-4-5-12(3)9-13/h4-11H,1-3H3,(H2,19,20,22). The summed E-state index contributed by atoms with van der Waals surface area (Å²) in [7, 11) is 0. The number of hydrogen-bond donors (Lipinski definition) is 2. The molecule has 3 rings (SSSR count). The van der Waals surface area contributed by atoms with E-state index in [0.717, 1.165) is 5.56 Å². The molecular weight excluding hydrogens is 306 g/mol. The molecule has 6 heteroatoms. The van der Waals surface area contributed by atoms with Crippen LogP contribution in [0.15, 0.2) is 51.7 Å². The first-order valence-corrected chi connectivity index (χ1v) is 7.74. The van der Waals surface area contributed by atoms with E-state index in [1.54, 1.807) is 22.8 Å². The third kappa shape index (κ3) is 3.17. The molecule has 24 heavy (non-hydrogen) atoms. The highest BCUT2D eigenvalue weighted by Crippen LogP contribution is 2.21. The van der Waals surface area contributed by atoms with Crippen LogP contribution in [0.1, 0.15) is 25.5 Å². The molecule has 0 atom stereocenters. The van der Waals surface area contributed by atoms with Crippen LogP contribution in [0, 0.1) is 6.92 Å². The molecule has 0 aliphatic rings. The van der Waals surface area contributed by atoms with E-state index >= 15 is 0 Å². The van der Waals surface area contributed by atoms with Crippen LogP contribution in [0.4, 0.5) is 16.2 Å². The van der Waals surface area contributed by atoms with Crippen LogP contribution in [-0.2, 0) is 0 Å². The van der Waals surface area contributed by atoms with Crippen molar-refractivity contribution in [1.29, 1.82) is 0 Å². The summed E-state index contributed by atoms with van der Waals surface area (Å²) in [5, 5.41) is 5.51. The fourth-order valence-electron chi connectivity index (χ4n) is 2.62. The van der Waals surface area contributed by atoms with E-state index in [-0.39, 0.29) is 12.1 Å². The van der Waals surface area contributed by atoms with Gasteiger partial charge >= 0.3 is 11.8 Å². The van der Waals surface area contributed by atoms with Gasteiger partial charge in [-0.3, -0.25) is 4.57 Å². The van der Waals surface area contributed by atoms with Gasteiger partial charge in [-0.2, -0.15) is 0 Å². The van der Waals surface area contributed by atoms with Gasteiger partial charge in [0.05, 0.1) is 5.52 Å². The molecule has 2 N–H and O–H groups in total. The van der Waals surface area contributed by atoms with Crippen LogP contribution >= 0.6 is 0 Å². The Kier molecular flexibility index (Phi) is 4.12. The summed E-state index contributed by atoms with van der Waals surface area (Å²) in [5.74, 6) is -0.402. The Morgan fingerprint density at radius 2 is 1.79 bits per heavy atom. The van der Waals surface area contributed by atoms with Crippen molar-refractivity contribution in [2.24, 2.45) is 0 Å². The molecule has 0 aliphatic heterocycles. The van der Waals surface area contributed by atoms with Gasteiger partial charge in [-0.25, -0.2) is 9.59 Å². The molecule has 2 amide bonds. The van der Waals surface area contributed by atoms with Crippen molar-refractivity contribution in [1.82, 2.24) is 4.57 Å². The minimum atomic E-state index is -0.402. The molecule has 0 saturated carbocycles. The Balaban J connectivity index is 1.80. The number of oxazole rings is 1. The molecule has 0 fully saturated rings. The highest BCUT2D eigenvalue weighted by molar-refractivity contribution is 6.00. The number of carbonyl (C=O) groups is 1. The second-order valence-electron chi connectivity index (χ2n) is 5.96. The lowest BCUT2D eigenvalue weighted by atomic mass is 10.2. The largest absolute Gasteiger partial charge is 0.420 e. The molecule has 0 radical (unpaired) electrons. The van der Waals surface area contributed by atoms with Crippen molar-refractivity contribution >= 4 is 28.5 Å². The van der Waals surface area contributed by atoms with Gasteiger partial charge in [0, 0.05) is 23.5 Å². The van der Waals surface area contributed by atoms with Crippen molar-refractivity contribution in [2.45, 2.75) is 26.8 Å². The Labute approximate surface area is 139 Å². The monoisotopic (exact) mass is 325 g/mol. The summed E-state index contributed by atoms with van der Waals surface area (Å²) < 4.78 is 6.83. The van der Waals surface area contributed by atoms with Gasteiger partial charge in [0.1, 0.15) is 0 Å². The van der Waals surface area contributed by atoms with Gasteiger partial charge in [-0.1, -0.05) is 12.1 Å².